The van der Waals surface area contributed by atoms with E-state index in [1.807, 2.05) is 12.1 Å². The molecule has 0 saturated carbocycles. The van der Waals surface area contributed by atoms with Gasteiger partial charge < -0.3 is 18.9 Å². The van der Waals surface area contributed by atoms with Crippen LogP contribution in [0.2, 0.25) is 0 Å². The Balaban J connectivity index is 1.46. The first-order chi connectivity index (χ1) is 13.1. The van der Waals surface area contributed by atoms with Crippen molar-refractivity contribution in [3.05, 3.63) is 59.7 Å². The third-order valence-corrected chi connectivity index (χ3v) is 4.60. The molecule has 1 aliphatic heterocycles. The van der Waals surface area contributed by atoms with Crippen LogP contribution < -0.4 is 0 Å². The number of rotatable bonds is 5. The molecule has 0 radical (unpaired) electrons. The molecule has 8 nitrogen and oxygen atoms in total. The van der Waals surface area contributed by atoms with Crippen molar-refractivity contribution in [3.8, 4) is 11.6 Å². The molecular formula is C19H17N3O5. The average molecular weight is 367 g/mol. The summed E-state index contributed by atoms with van der Waals surface area (Å²) in [6.45, 7) is 0.369. The molecule has 1 amide bonds. The zero-order valence-corrected chi connectivity index (χ0v) is 14.4. The van der Waals surface area contributed by atoms with Crippen LogP contribution in [-0.2, 0) is 22.4 Å². The Labute approximate surface area is 154 Å². The highest BCUT2D eigenvalue weighted by Crippen LogP contribution is 2.30. The molecule has 4 rings (SSSR count). The highest BCUT2D eigenvalue weighted by molar-refractivity contribution is 5.85. The summed E-state index contributed by atoms with van der Waals surface area (Å²) < 4.78 is 10.4. The van der Waals surface area contributed by atoms with E-state index in [0.29, 0.717) is 36.0 Å². The third-order valence-electron chi connectivity index (χ3n) is 4.60. The zero-order valence-electron chi connectivity index (χ0n) is 14.4. The minimum Gasteiger partial charge on any atom is -0.479 e. The fraction of sp³-hybridized carbons (Fsp3) is 0.263. The molecule has 1 N–H and O–H groups in total. The normalized spacial score (nSPS) is 16.1. The summed E-state index contributed by atoms with van der Waals surface area (Å²) >= 11 is 0. The molecule has 1 aromatic carbocycles. The van der Waals surface area contributed by atoms with Crippen LogP contribution in [0, 0.1) is 0 Å². The summed E-state index contributed by atoms with van der Waals surface area (Å²) in [7, 11) is 0. The lowest BCUT2D eigenvalue weighted by atomic mass is 9.92. The number of aryl methyl sites for hydroxylation is 1. The lowest BCUT2D eigenvalue weighted by Crippen LogP contribution is -2.43. The summed E-state index contributed by atoms with van der Waals surface area (Å²) in [5, 5.41) is 13.5. The Kier molecular flexibility index (Phi) is 4.45. The Morgan fingerprint density at radius 2 is 2.07 bits per heavy atom. The summed E-state index contributed by atoms with van der Waals surface area (Å²) in [4.78, 5) is 30.1. The van der Waals surface area contributed by atoms with E-state index in [1.54, 1.807) is 24.3 Å². The second kappa shape index (κ2) is 7.06. The van der Waals surface area contributed by atoms with Crippen molar-refractivity contribution in [3.63, 3.8) is 0 Å². The van der Waals surface area contributed by atoms with Crippen LogP contribution in [0.3, 0.4) is 0 Å². The van der Waals surface area contributed by atoms with Crippen molar-refractivity contribution in [2.24, 2.45) is 0 Å². The molecule has 8 heteroatoms. The molecule has 0 aliphatic carbocycles. The number of aromatic nitrogens is 2. The highest BCUT2D eigenvalue weighted by atomic mass is 16.5. The number of carbonyl (C=O) groups excluding carboxylic acids is 1. The largest absolute Gasteiger partial charge is 0.479 e. The fourth-order valence-corrected chi connectivity index (χ4v) is 3.32. The number of hydrogen-bond acceptors (Lipinski definition) is 6. The Morgan fingerprint density at radius 1 is 1.22 bits per heavy atom. The maximum absolute atomic E-state index is 12.7. The number of aliphatic carboxylic acids is 1. The SMILES string of the molecule is O=C(O)C1c2ccccc2CCN1C(=O)CCc1nc(-c2ccco2)no1. The maximum Gasteiger partial charge on any atom is 0.331 e. The summed E-state index contributed by atoms with van der Waals surface area (Å²) in [5.41, 5.74) is 1.64. The first-order valence-electron chi connectivity index (χ1n) is 8.60. The van der Waals surface area contributed by atoms with Crippen LogP contribution in [0.25, 0.3) is 11.6 Å². The van der Waals surface area contributed by atoms with E-state index in [-0.39, 0.29) is 18.7 Å². The molecule has 1 atom stereocenters. The van der Waals surface area contributed by atoms with Gasteiger partial charge >= 0.3 is 5.97 Å². The number of amides is 1. The summed E-state index contributed by atoms with van der Waals surface area (Å²) in [6, 6.07) is 9.79. The molecule has 27 heavy (non-hydrogen) atoms. The molecule has 3 aromatic rings. The number of furan rings is 1. The summed E-state index contributed by atoms with van der Waals surface area (Å²) in [6.07, 6.45) is 2.47. The number of carbonyl (C=O) groups is 2. The van der Waals surface area contributed by atoms with E-state index in [9.17, 15) is 14.7 Å². The highest BCUT2D eigenvalue weighted by Gasteiger charge is 2.35. The van der Waals surface area contributed by atoms with Crippen molar-refractivity contribution >= 4 is 11.9 Å². The number of nitrogens with zero attached hydrogens (tertiary/aromatic N) is 3. The van der Waals surface area contributed by atoms with Crippen molar-refractivity contribution < 1.29 is 23.6 Å². The van der Waals surface area contributed by atoms with Gasteiger partial charge in [0.05, 0.1) is 6.26 Å². The Morgan fingerprint density at radius 3 is 2.85 bits per heavy atom. The van der Waals surface area contributed by atoms with E-state index in [1.165, 1.54) is 11.2 Å². The number of fused-ring (bicyclic) bond motifs is 1. The Hall–Kier alpha value is -3.42. The van der Waals surface area contributed by atoms with Crippen molar-refractivity contribution in [2.75, 3.05) is 6.54 Å². The average Bonchev–Trinajstić information content (AvgIpc) is 3.36. The molecule has 0 bridgehead atoms. The van der Waals surface area contributed by atoms with Crippen LogP contribution in [0.15, 0.2) is 51.6 Å². The molecular weight excluding hydrogens is 350 g/mol. The van der Waals surface area contributed by atoms with Gasteiger partial charge in [-0.05, 0) is 29.7 Å². The number of carboxylic acids is 1. The molecule has 1 aliphatic rings. The molecule has 1 unspecified atom stereocenters. The van der Waals surface area contributed by atoms with E-state index in [2.05, 4.69) is 10.1 Å². The molecule has 0 fully saturated rings. The lowest BCUT2D eigenvalue weighted by Gasteiger charge is -2.34. The minimum atomic E-state index is -1.03. The molecule has 0 spiro atoms. The first-order valence-corrected chi connectivity index (χ1v) is 8.60. The van der Waals surface area contributed by atoms with E-state index in [0.717, 1.165) is 5.56 Å². The quantitative estimate of drug-likeness (QED) is 0.737. The zero-order chi connectivity index (χ0) is 18.8. The molecule has 138 valence electrons. The van der Waals surface area contributed by atoms with E-state index >= 15 is 0 Å². The predicted octanol–water partition coefficient (Wildman–Crippen LogP) is 2.47. The van der Waals surface area contributed by atoms with E-state index < -0.39 is 12.0 Å². The lowest BCUT2D eigenvalue weighted by molar-refractivity contribution is -0.151. The number of benzene rings is 1. The van der Waals surface area contributed by atoms with Gasteiger partial charge in [-0.25, -0.2) is 4.79 Å². The van der Waals surface area contributed by atoms with Gasteiger partial charge in [0.1, 0.15) is 0 Å². The number of carboxylic acid groups (broad SMARTS) is 1. The van der Waals surface area contributed by atoms with Crippen LogP contribution in [0.5, 0.6) is 0 Å². The van der Waals surface area contributed by atoms with Crippen molar-refractivity contribution in [2.45, 2.75) is 25.3 Å². The van der Waals surface area contributed by atoms with Gasteiger partial charge in [0.2, 0.25) is 17.6 Å². The molecule has 3 heterocycles. The van der Waals surface area contributed by atoms with Crippen LogP contribution >= 0.6 is 0 Å². The van der Waals surface area contributed by atoms with Crippen LogP contribution in [0.4, 0.5) is 0 Å². The Bertz CT molecular complexity index is 963. The van der Waals surface area contributed by atoms with Crippen LogP contribution in [-0.4, -0.2) is 38.6 Å². The topological polar surface area (TPSA) is 110 Å². The predicted molar refractivity (Wildman–Crippen MR) is 92.6 cm³/mol. The van der Waals surface area contributed by atoms with Crippen LogP contribution in [0.1, 0.15) is 29.5 Å². The standard InChI is InChI=1S/C19H17N3O5/c23-16(8-7-15-20-18(21-27-15)14-6-3-11-26-14)22-10-9-12-4-1-2-5-13(12)17(22)19(24)25/h1-6,11,17H,7-10H2,(H,24,25). The fourth-order valence-electron chi connectivity index (χ4n) is 3.32. The van der Waals surface area contributed by atoms with Gasteiger partial charge in [0.15, 0.2) is 11.8 Å². The molecule has 0 saturated heterocycles. The first kappa shape index (κ1) is 17.0. The smallest absolute Gasteiger partial charge is 0.331 e. The monoisotopic (exact) mass is 367 g/mol. The van der Waals surface area contributed by atoms with Crippen molar-refractivity contribution in [1.82, 2.24) is 15.0 Å². The van der Waals surface area contributed by atoms with Gasteiger partial charge in [-0.1, -0.05) is 29.4 Å². The van der Waals surface area contributed by atoms with Gasteiger partial charge in [-0.2, -0.15) is 4.98 Å². The second-order valence-electron chi connectivity index (χ2n) is 6.27. The molecule has 2 aromatic heterocycles. The van der Waals surface area contributed by atoms with Gasteiger partial charge in [-0.15, -0.1) is 0 Å². The summed E-state index contributed by atoms with van der Waals surface area (Å²) in [5.74, 6) is -0.185. The number of hydrogen-bond donors (Lipinski definition) is 1. The second-order valence-corrected chi connectivity index (χ2v) is 6.27. The minimum absolute atomic E-state index is 0.0890. The van der Waals surface area contributed by atoms with E-state index in [4.69, 9.17) is 8.94 Å². The van der Waals surface area contributed by atoms with Gasteiger partial charge in [0.25, 0.3) is 0 Å². The van der Waals surface area contributed by atoms with Gasteiger partial charge in [-0.3, -0.25) is 4.79 Å². The third kappa shape index (κ3) is 3.33. The van der Waals surface area contributed by atoms with Crippen molar-refractivity contribution in [1.29, 1.82) is 0 Å². The maximum atomic E-state index is 12.7. The van der Waals surface area contributed by atoms with Gasteiger partial charge in [0, 0.05) is 19.4 Å².